The quantitative estimate of drug-likeness (QED) is 0.221. The van der Waals surface area contributed by atoms with Crippen LogP contribution in [0.25, 0.3) is 23.3 Å². The van der Waals surface area contributed by atoms with Crippen LogP contribution in [-0.4, -0.2) is 9.78 Å². The van der Waals surface area contributed by atoms with E-state index in [0.717, 1.165) is 33.5 Å². The maximum Gasteiger partial charge on any atom is 0.275 e. The van der Waals surface area contributed by atoms with Crippen molar-refractivity contribution in [3.05, 3.63) is 154 Å². The third-order valence-corrected chi connectivity index (χ3v) is 6.61. The Kier molecular flexibility index (Phi) is 7.60. The van der Waals surface area contributed by atoms with Crippen molar-refractivity contribution in [3.63, 3.8) is 0 Å². The molecule has 0 aliphatic rings. The summed E-state index contributed by atoms with van der Waals surface area (Å²) < 4.78 is 7.87. The maximum absolute atomic E-state index is 14.1. The highest BCUT2D eigenvalue weighted by atomic mass is 16.5. The van der Waals surface area contributed by atoms with Gasteiger partial charge in [0.05, 0.1) is 17.3 Å². The smallest absolute Gasteiger partial charge is 0.275 e. The predicted octanol–water partition coefficient (Wildman–Crippen LogP) is 7.58. The molecule has 38 heavy (non-hydrogen) atoms. The van der Waals surface area contributed by atoms with E-state index in [4.69, 9.17) is 9.84 Å². The van der Waals surface area contributed by atoms with Crippen molar-refractivity contribution in [1.29, 1.82) is 0 Å². The lowest BCUT2D eigenvalue weighted by Crippen LogP contribution is -2.30. The zero-order chi connectivity index (χ0) is 26.3. The standard InChI is InChI=1S/C34H30N2O2/c1-25-33(30-20-12-13-21-32(30)38-24-28-16-8-4-9-17-28)31(23-22-27-14-6-3-7-15-27)34(37)36(35-25)26(2)29-18-10-5-11-19-29/h3-23,26H,24H2,1-2H3. The van der Waals surface area contributed by atoms with Crippen LogP contribution in [0.3, 0.4) is 0 Å². The molecular formula is C34H30N2O2. The van der Waals surface area contributed by atoms with Crippen LogP contribution < -0.4 is 10.3 Å². The van der Waals surface area contributed by atoms with Gasteiger partial charge in [0.25, 0.3) is 5.56 Å². The molecule has 0 saturated carbocycles. The zero-order valence-corrected chi connectivity index (χ0v) is 21.6. The van der Waals surface area contributed by atoms with Gasteiger partial charge in [-0.2, -0.15) is 5.10 Å². The Bertz CT molecular complexity index is 1590. The molecule has 1 aromatic heterocycles. The van der Waals surface area contributed by atoms with Crippen LogP contribution in [0.15, 0.2) is 120 Å². The summed E-state index contributed by atoms with van der Waals surface area (Å²) in [5.41, 5.74) is 5.94. The molecule has 0 amide bonds. The lowest BCUT2D eigenvalue weighted by molar-refractivity contribution is 0.307. The summed E-state index contributed by atoms with van der Waals surface area (Å²) in [6.45, 7) is 4.39. The number of hydrogen-bond donors (Lipinski definition) is 0. The fourth-order valence-corrected chi connectivity index (χ4v) is 4.59. The maximum atomic E-state index is 14.1. The number of aryl methyl sites for hydroxylation is 1. The summed E-state index contributed by atoms with van der Waals surface area (Å²) in [5, 5.41) is 4.82. The molecule has 1 unspecified atom stereocenters. The van der Waals surface area contributed by atoms with Crippen molar-refractivity contribution >= 4 is 12.2 Å². The van der Waals surface area contributed by atoms with E-state index in [1.807, 2.05) is 141 Å². The Morgan fingerprint density at radius 2 is 1.39 bits per heavy atom. The third-order valence-electron chi connectivity index (χ3n) is 6.61. The van der Waals surface area contributed by atoms with Gasteiger partial charge in [-0.05, 0) is 42.7 Å². The molecule has 0 radical (unpaired) electrons. The molecule has 0 aliphatic carbocycles. The number of ether oxygens (including phenoxy) is 1. The molecule has 5 aromatic rings. The second-order valence-electron chi connectivity index (χ2n) is 9.22. The number of aromatic nitrogens is 2. The van der Waals surface area contributed by atoms with Crippen LogP contribution in [0.1, 0.15) is 40.9 Å². The molecule has 0 bridgehead atoms. The fraction of sp³-hybridized carbons (Fsp3) is 0.118. The van der Waals surface area contributed by atoms with Gasteiger partial charge < -0.3 is 4.74 Å². The Labute approximate surface area is 223 Å². The van der Waals surface area contributed by atoms with E-state index in [-0.39, 0.29) is 11.6 Å². The van der Waals surface area contributed by atoms with Gasteiger partial charge in [0, 0.05) is 11.1 Å². The molecule has 0 N–H and O–H groups in total. The van der Waals surface area contributed by atoms with E-state index in [1.54, 1.807) is 4.68 Å². The van der Waals surface area contributed by atoms with Gasteiger partial charge in [-0.3, -0.25) is 4.79 Å². The van der Waals surface area contributed by atoms with Gasteiger partial charge in [0.1, 0.15) is 12.4 Å². The summed E-state index contributed by atoms with van der Waals surface area (Å²) in [5.74, 6) is 0.712. The summed E-state index contributed by atoms with van der Waals surface area (Å²) in [6.07, 6.45) is 3.88. The highest BCUT2D eigenvalue weighted by Crippen LogP contribution is 2.34. The second kappa shape index (κ2) is 11.6. The lowest BCUT2D eigenvalue weighted by atomic mass is 9.97. The summed E-state index contributed by atoms with van der Waals surface area (Å²) in [6, 6.07) is 37.7. The van der Waals surface area contributed by atoms with Crippen LogP contribution in [0, 0.1) is 6.92 Å². The highest BCUT2D eigenvalue weighted by Gasteiger charge is 2.21. The molecule has 1 heterocycles. The molecule has 0 aliphatic heterocycles. The molecule has 0 saturated heterocycles. The predicted molar refractivity (Wildman–Crippen MR) is 155 cm³/mol. The SMILES string of the molecule is Cc1nn(C(C)c2ccccc2)c(=O)c(C=Cc2ccccc2)c1-c1ccccc1OCc1ccccc1. The number of nitrogens with zero attached hydrogens (tertiary/aromatic N) is 2. The minimum absolute atomic E-state index is 0.146. The van der Waals surface area contributed by atoms with Gasteiger partial charge in [0.2, 0.25) is 0 Å². The summed E-state index contributed by atoms with van der Waals surface area (Å²) in [7, 11) is 0. The van der Waals surface area contributed by atoms with Gasteiger partial charge in [0.15, 0.2) is 0 Å². The first-order valence-electron chi connectivity index (χ1n) is 12.8. The van der Waals surface area contributed by atoms with Crippen LogP contribution in [-0.2, 0) is 6.61 Å². The number of para-hydroxylation sites is 1. The van der Waals surface area contributed by atoms with Crippen molar-refractivity contribution in [1.82, 2.24) is 9.78 Å². The zero-order valence-electron chi connectivity index (χ0n) is 21.6. The van der Waals surface area contributed by atoms with Crippen molar-refractivity contribution in [2.45, 2.75) is 26.5 Å². The molecule has 4 heteroatoms. The number of rotatable bonds is 8. The Balaban J connectivity index is 1.64. The Morgan fingerprint density at radius 3 is 2.11 bits per heavy atom. The third kappa shape index (κ3) is 5.50. The molecule has 0 spiro atoms. The van der Waals surface area contributed by atoms with Gasteiger partial charge in [-0.25, -0.2) is 4.68 Å². The van der Waals surface area contributed by atoms with Crippen molar-refractivity contribution in [2.75, 3.05) is 0 Å². The van der Waals surface area contributed by atoms with Crippen LogP contribution in [0.5, 0.6) is 5.75 Å². The number of benzene rings is 4. The monoisotopic (exact) mass is 498 g/mol. The highest BCUT2D eigenvalue weighted by molar-refractivity contribution is 5.84. The van der Waals surface area contributed by atoms with E-state index in [9.17, 15) is 4.79 Å². The van der Waals surface area contributed by atoms with Crippen LogP contribution >= 0.6 is 0 Å². The van der Waals surface area contributed by atoms with Crippen molar-refractivity contribution < 1.29 is 4.74 Å². The molecule has 188 valence electrons. The fourth-order valence-electron chi connectivity index (χ4n) is 4.59. The van der Waals surface area contributed by atoms with Gasteiger partial charge in [-0.15, -0.1) is 0 Å². The minimum Gasteiger partial charge on any atom is -0.488 e. The topological polar surface area (TPSA) is 44.1 Å². The molecule has 1 atom stereocenters. The van der Waals surface area contributed by atoms with E-state index in [0.29, 0.717) is 17.9 Å². The average Bonchev–Trinajstić information content (AvgIpc) is 2.97. The Morgan fingerprint density at radius 1 is 0.789 bits per heavy atom. The second-order valence-corrected chi connectivity index (χ2v) is 9.22. The first-order valence-corrected chi connectivity index (χ1v) is 12.8. The van der Waals surface area contributed by atoms with Crippen molar-refractivity contribution in [3.8, 4) is 16.9 Å². The van der Waals surface area contributed by atoms with Gasteiger partial charge >= 0.3 is 0 Å². The molecule has 0 fully saturated rings. The van der Waals surface area contributed by atoms with E-state index in [2.05, 4.69) is 0 Å². The first-order chi connectivity index (χ1) is 18.6. The Hall–Kier alpha value is -4.70. The number of hydrogen-bond acceptors (Lipinski definition) is 3. The van der Waals surface area contributed by atoms with E-state index >= 15 is 0 Å². The van der Waals surface area contributed by atoms with E-state index < -0.39 is 0 Å². The first kappa shape index (κ1) is 25.0. The average molecular weight is 499 g/mol. The molecule has 4 aromatic carbocycles. The summed E-state index contributed by atoms with van der Waals surface area (Å²) in [4.78, 5) is 14.1. The van der Waals surface area contributed by atoms with Crippen LogP contribution in [0.4, 0.5) is 0 Å². The minimum atomic E-state index is -0.218. The van der Waals surface area contributed by atoms with Crippen molar-refractivity contribution in [2.24, 2.45) is 0 Å². The lowest BCUT2D eigenvalue weighted by Gasteiger charge is -2.20. The van der Waals surface area contributed by atoms with E-state index in [1.165, 1.54) is 0 Å². The van der Waals surface area contributed by atoms with Crippen LogP contribution in [0.2, 0.25) is 0 Å². The molecular weight excluding hydrogens is 468 g/mol. The van der Waals surface area contributed by atoms with Gasteiger partial charge in [-0.1, -0.05) is 115 Å². The molecule has 4 nitrogen and oxygen atoms in total. The molecule has 5 rings (SSSR count). The largest absolute Gasteiger partial charge is 0.488 e. The summed E-state index contributed by atoms with van der Waals surface area (Å²) >= 11 is 0. The normalized spacial score (nSPS) is 11.9.